The topological polar surface area (TPSA) is 32.3 Å². The summed E-state index contributed by atoms with van der Waals surface area (Å²) in [7, 11) is 0. The van der Waals surface area contributed by atoms with Gasteiger partial charge in [0.25, 0.3) is 5.91 Å². The largest absolute Gasteiger partial charge is 0.347 e. The smallest absolute Gasteiger partial charge is 0.256 e. The summed E-state index contributed by atoms with van der Waals surface area (Å²) in [6.45, 7) is 5.59. The number of benzene rings is 1. The van der Waals surface area contributed by atoms with Gasteiger partial charge in [-0.15, -0.1) is 6.58 Å². The van der Waals surface area contributed by atoms with E-state index in [0.29, 0.717) is 5.11 Å². The van der Waals surface area contributed by atoms with Crippen LogP contribution in [0.5, 0.6) is 0 Å². The minimum absolute atomic E-state index is 0.0198. The van der Waals surface area contributed by atoms with E-state index in [1.54, 1.807) is 11.0 Å². The quantitative estimate of drug-likeness (QED) is 0.654. The van der Waals surface area contributed by atoms with Gasteiger partial charge in [0, 0.05) is 0 Å². The van der Waals surface area contributed by atoms with Crippen molar-refractivity contribution in [3.05, 3.63) is 48.6 Å². The van der Waals surface area contributed by atoms with Crippen LogP contribution in [0.3, 0.4) is 0 Å². The molecule has 1 aliphatic rings. The number of amides is 1. The average molecular weight is 246 g/mol. The van der Waals surface area contributed by atoms with Crippen molar-refractivity contribution in [3.8, 4) is 0 Å². The van der Waals surface area contributed by atoms with E-state index in [1.807, 2.05) is 37.3 Å². The lowest BCUT2D eigenvalue weighted by Crippen LogP contribution is -2.37. The highest BCUT2D eigenvalue weighted by atomic mass is 32.1. The average Bonchev–Trinajstić information content (AvgIpc) is 2.65. The summed E-state index contributed by atoms with van der Waals surface area (Å²) < 4.78 is 0. The Hall–Kier alpha value is -1.68. The Balaban J connectivity index is 2.28. The fraction of sp³-hybridized carbons (Fsp3) is 0.231. The number of thiocarbonyl (C=S) groups is 1. The zero-order chi connectivity index (χ0) is 12.4. The van der Waals surface area contributed by atoms with Gasteiger partial charge in [0.05, 0.1) is 6.04 Å². The first-order chi connectivity index (χ1) is 8.15. The molecule has 4 heteroatoms. The lowest BCUT2D eigenvalue weighted by molar-refractivity contribution is -0.127. The van der Waals surface area contributed by atoms with E-state index in [9.17, 15) is 4.79 Å². The third-order valence-corrected chi connectivity index (χ3v) is 3.17. The zero-order valence-electron chi connectivity index (χ0n) is 9.59. The fourth-order valence-electron chi connectivity index (χ4n) is 1.86. The molecule has 1 fully saturated rings. The molecule has 0 aliphatic carbocycles. The number of nitrogens with zero attached hydrogens (tertiary/aromatic N) is 1. The van der Waals surface area contributed by atoms with Crippen molar-refractivity contribution in [2.24, 2.45) is 0 Å². The van der Waals surface area contributed by atoms with Crippen molar-refractivity contribution >= 4 is 23.2 Å². The maximum absolute atomic E-state index is 12.2. The lowest BCUT2D eigenvalue weighted by atomic mass is 10.1. The summed E-state index contributed by atoms with van der Waals surface area (Å²) in [5.74, 6) is -0.0198. The van der Waals surface area contributed by atoms with Gasteiger partial charge in [-0.05, 0) is 24.7 Å². The van der Waals surface area contributed by atoms with Gasteiger partial charge in [-0.1, -0.05) is 36.4 Å². The van der Waals surface area contributed by atoms with Gasteiger partial charge in [0.15, 0.2) is 5.11 Å². The zero-order valence-corrected chi connectivity index (χ0v) is 10.4. The number of hydrogen-bond acceptors (Lipinski definition) is 2. The fourth-order valence-corrected chi connectivity index (χ4v) is 2.23. The molecule has 2 rings (SSSR count). The molecule has 1 aromatic rings. The van der Waals surface area contributed by atoms with Crippen LogP contribution in [0.4, 0.5) is 0 Å². The van der Waals surface area contributed by atoms with Crippen molar-refractivity contribution in [1.29, 1.82) is 0 Å². The molecule has 17 heavy (non-hydrogen) atoms. The SMILES string of the molecule is C=CC(C)N1C(=O)[C@H](c2ccccc2)NC1=S. The Kier molecular flexibility index (Phi) is 3.24. The Labute approximate surface area is 106 Å². The molecule has 0 spiro atoms. The predicted octanol–water partition coefficient (Wildman–Crippen LogP) is 2.02. The molecule has 0 aromatic heterocycles. The van der Waals surface area contributed by atoms with Gasteiger partial charge in [0.2, 0.25) is 0 Å². The molecule has 88 valence electrons. The van der Waals surface area contributed by atoms with E-state index < -0.39 is 0 Å². The monoisotopic (exact) mass is 246 g/mol. The molecule has 1 aromatic carbocycles. The molecule has 3 nitrogen and oxygen atoms in total. The highest BCUT2D eigenvalue weighted by Crippen LogP contribution is 2.23. The van der Waals surface area contributed by atoms with Crippen LogP contribution in [0, 0.1) is 0 Å². The summed E-state index contributed by atoms with van der Waals surface area (Å²) in [5.41, 5.74) is 0.929. The van der Waals surface area contributed by atoms with Gasteiger partial charge in [-0.25, -0.2) is 0 Å². The van der Waals surface area contributed by atoms with Gasteiger partial charge < -0.3 is 5.32 Å². The van der Waals surface area contributed by atoms with Crippen molar-refractivity contribution in [2.45, 2.75) is 19.0 Å². The minimum Gasteiger partial charge on any atom is -0.347 e. The van der Waals surface area contributed by atoms with E-state index in [2.05, 4.69) is 11.9 Å². The second-order valence-corrected chi connectivity index (χ2v) is 4.36. The summed E-state index contributed by atoms with van der Waals surface area (Å²) in [6.07, 6.45) is 1.71. The van der Waals surface area contributed by atoms with Crippen molar-refractivity contribution in [1.82, 2.24) is 10.2 Å². The molecule has 1 N–H and O–H groups in total. The summed E-state index contributed by atoms with van der Waals surface area (Å²) in [4.78, 5) is 13.8. The highest BCUT2D eigenvalue weighted by Gasteiger charge is 2.37. The van der Waals surface area contributed by atoms with Crippen LogP contribution in [0.2, 0.25) is 0 Å². The van der Waals surface area contributed by atoms with Crippen LogP contribution in [0.25, 0.3) is 0 Å². The van der Waals surface area contributed by atoms with Crippen LogP contribution < -0.4 is 5.32 Å². The van der Waals surface area contributed by atoms with Crippen molar-refractivity contribution < 1.29 is 4.79 Å². The first kappa shape index (κ1) is 11.8. The molecule has 1 unspecified atom stereocenters. The van der Waals surface area contributed by atoms with E-state index >= 15 is 0 Å². The van der Waals surface area contributed by atoms with Crippen LogP contribution in [0.15, 0.2) is 43.0 Å². The molecular formula is C13H14N2OS. The standard InChI is InChI=1S/C13H14N2OS/c1-3-9(2)15-12(16)11(14-13(15)17)10-7-5-4-6-8-10/h3-9,11H,1H2,2H3,(H,14,17)/t9?,11-/m0/s1. The van der Waals surface area contributed by atoms with E-state index in [1.165, 1.54) is 0 Å². The normalized spacial score (nSPS) is 21.2. The van der Waals surface area contributed by atoms with Gasteiger partial charge in [0.1, 0.15) is 6.04 Å². The number of hydrogen-bond donors (Lipinski definition) is 1. The second kappa shape index (κ2) is 4.67. The molecule has 0 radical (unpaired) electrons. The first-order valence-corrected chi connectivity index (χ1v) is 5.87. The lowest BCUT2D eigenvalue weighted by Gasteiger charge is -2.19. The van der Waals surface area contributed by atoms with Crippen LogP contribution in [0.1, 0.15) is 18.5 Å². The van der Waals surface area contributed by atoms with Crippen LogP contribution in [-0.4, -0.2) is 22.0 Å². The summed E-state index contributed by atoms with van der Waals surface area (Å²) in [6, 6.07) is 9.12. The van der Waals surface area contributed by atoms with Crippen molar-refractivity contribution in [2.75, 3.05) is 0 Å². The highest BCUT2D eigenvalue weighted by molar-refractivity contribution is 7.80. The molecular weight excluding hydrogens is 232 g/mol. The van der Waals surface area contributed by atoms with E-state index in [-0.39, 0.29) is 18.0 Å². The molecule has 1 amide bonds. The Morgan fingerprint density at radius 1 is 1.47 bits per heavy atom. The molecule has 0 saturated carbocycles. The van der Waals surface area contributed by atoms with E-state index in [4.69, 9.17) is 12.2 Å². The van der Waals surface area contributed by atoms with Crippen LogP contribution in [-0.2, 0) is 4.79 Å². The molecule has 1 heterocycles. The van der Waals surface area contributed by atoms with Gasteiger partial charge in [-0.3, -0.25) is 9.69 Å². The summed E-state index contributed by atoms with van der Waals surface area (Å²) in [5, 5.41) is 3.51. The molecule has 1 saturated heterocycles. The third-order valence-electron chi connectivity index (χ3n) is 2.85. The number of carbonyl (C=O) groups is 1. The van der Waals surface area contributed by atoms with Crippen LogP contribution >= 0.6 is 12.2 Å². The number of nitrogens with one attached hydrogen (secondary N) is 1. The third kappa shape index (κ3) is 2.08. The Bertz CT molecular complexity index is 458. The summed E-state index contributed by atoms with van der Waals surface area (Å²) >= 11 is 5.18. The maximum Gasteiger partial charge on any atom is 0.256 e. The Morgan fingerprint density at radius 2 is 2.12 bits per heavy atom. The molecule has 2 atom stereocenters. The number of carbonyl (C=O) groups excluding carboxylic acids is 1. The molecule has 0 bridgehead atoms. The second-order valence-electron chi connectivity index (χ2n) is 3.98. The van der Waals surface area contributed by atoms with Gasteiger partial charge >= 0.3 is 0 Å². The Morgan fingerprint density at radius 3 is 2.71 bits per heavy atom. The minimum atomic E-state index is -0.369. The first-order valence-electron chi connectivity index (χ1n) is 5.46. The predicted molar refractivity (Wildman–Crippen MR) is 71.4 cm³/mol. The van der Waals surface area contributed by atoms with Gasteiger partial charge in [-0.2, -0.15) is 0 Å². The van der Waals surface area contributed by atoms with E-state index in [0.717, 1.165) is 5.56 Å². The molecule has 1 aliphatic heterocycles. The number of rotatable bonds is 3. The maximum atomic E-state index is 12.2. The van der Waals surface area contributed by atoms with Crippen molar-refractivity contribution in [3.63, 3.8) is 0 Å².